The molecule has 3 unspecified atom stereocenters. The molecule has 3 atom stereocenters. The smallest absolute Gasteiger partial charge is 0.261 e. The van der Waals surface area contributed by atoms with Gasteiger partial charge in [0.25, 0.3) is 5.91 Å². The van der Waals surface area contributed by atoms with Crippen LogP contribution >= 0.6 is 34.8 Å². The van der Waals surface area contributed by atoms with E-state index in [9.17, 15) is 13.2 Å². The summed E-state index contributed by atoms with van der Waals surface area (Å²) in [4.78, 5) is 14.4. The van der Waals surface area contributed by atoms with Crippen LogP contribution in [-0.2, 0) is 14.8 Å². The summed E-state index contributed by atoms with van der Waals surface area (Å²) >= 11 is 18.3. The molecule has 10 heteroatoms. The summed E-state index contributed by atoms with van der Waals surface area (Å²) in [6, 6.07) is 20.0. The van der Waals surface area contributed by atoms with Gasteiger partial charge in [0, 0.05) is 27.5 Å². The maximum absolute atomic E-state index is 14.3. The SMILES string of the molecule is O=C(C1CCCN1S(=O)(=O)c1ccc(Cl)cc1)N1N=C2C(=Cc3ccc(Cl)cc3)CCCC2C1c1ccc(Cl)cc1. The molecule has 2 aliphatic heterocycles. The summed E-state index contributed by atoms with van der Waals surface area (Å²) < 4.78 is 28.6. The Morgan fingerprint density at radius 1 is 0.829 bits per heavy atom. The van der Waals surface area contributed by atoms with E-state index in [0.29, 0.717) is 27.9 Å². The van der Waals surface area contributed by atoms with Gasteiger partial charge in [0.2, 0.25) is 10.0 Å². The predicted octanol–water partition coefficient (Wildman–Crippen LogP) is 7.62. The van der Waals surface area contributed by atoms with E-state index in [1.165, 1.54) is 16.4 Å². The minimum Gasteiger partial charge on any atom is -0.271 e. The monoisotopic (exact) mass is 627 g/mol. The van der Waals surface area contributed by atoms with Crippen LogP contribution in [-0.4, -0.2) is 41.9 Å². The van der Waals surface area contributed by atoms with Crippen molar-refractivity contribution in [2.24, 2.45) is 11.0 Å². The molecule has 0 spiro atoms. The van der Waals surface area contributed by atoms with Crippen LogP contribution < -0.4 is 0 Å². The molecule has 0 aromatic heterocycles. The normalized spacial score (nSPS) is 24.0. The molecule has 212 valence electrons. The van der Waals surface area contributed by atoms with Crippen molar-refractivity contribution < 1.29 is 13.2 Å². The van der Waals surface area contributed by atoms with E-state index in [1.807, 2.05) is 48.5 Å². The molecule has 41 heavy (non-hydrogen) atoms. The van der Waals surface area contributed by atoms with Gasteiger partial charge in [-0.15, -0.1) is 0 Å². The molecule has 0 N–H and O–H groups in total. The fraction of sp³-hybridized carbons (Fsp3) is 0.290. The van der Waals surface area contributed by atoms with Crippen molar-refractivity contribution in [3.8, 4) is 0 Å². The third-order valence-electron chi connectivity index (χ3n) is 8.06. The highest BCUT2D eigenvalue weighted by atomic mass is 35.5. The lowest BCUT2D eigenvalue weighted by Gasteiger charge is -2.32. The number of fused-ring (bicyclic) bond motifs is 1. The lowest BCUT2D eigenvalue weighted by Crippen LogP contribution is -2.46. The highest BCUT2D eigenvalue weighted by molar-refractivity contribution is 7.89. The lowest BCUT2D eigenvalue weighted by atomic mass is 9.77. The molecular formula is C31H28Cl3N3O3S. The molecule has 6 rings (SSSR count). The molecule has 0 bridgehead atoms. The Balaban J connectivity index is 1.38. The zero-order valence-corrected chi connectivity index (χ0v) is 25.2. The average Bonchev–Trinajstić information content (AvgIpc) is 3.62. The number of hydrogen-bond donors (Lipinski definition) is 0. The number of sulfonamides is 1. The maximum Gasteiger partial charge on any atom is 0.261 e. The third-order valence-corrected chi connectivity index (χ3v) is 10.7. The molecule has 3 aromatic carbocycles. The third kappa shape index (κ3) is 5.58. The van der Waals surface area contributed by atoms with Crippen LogP contribution in [0.4, 0.5) is 0 Å². The Bertz CT molecular complexity index is 1620. The zero-order chi connectivity index (χ0) is 28.7. The molecule has 2 fully saturated rings. The Hall–Kier alpha value is -2.68. The van der Waals surface area contributed by atoms with E-state index in [0.717, 1.165) is 41.7 Å². The molecule has 1 saturated heterocycles. The topological polar surface area (TPSA) is 70.1 Å². The first-order valence-corrected chi connectivity index (χ1v) is 16.2. The van der Waals surface area contributed by atoms with Gasteiger partial charge in [-0.1, -0.05) is 59.1 Å². The molecule has 3 aliphatic rings. The number of rotatable bonds is 5. The van der Waals surface area contributed by atoms with Crippen molar-refractivity contribution in [2.75, 3.05) is 6.54 Å². The van der Waals surface area contributed by atoms with Gasteiger partial charge in [-0.25, -0.2) is 13.4 Å². The number of hydrogen-bond acceptors (Lipinski definition) is 4. The van der Waals surface area contributed by atoms with Crippen molar-refractivity contribution in [3.63, 3.8) is 0 Å². The number of nitrogens with zero attached hydrogens (tertiary/aromatic N) is 3. The van der Waals surface area contributed by atoms with Crippen LogP contribution in [0.5, 0.6) is 0 Å². The molecule has 1 amide bonds. The van der Waals surface area contributed by atoms with Crippen LogP contribution in [0.1, 0.15) is 49.3 Å². The number of hydrazone groups is 1. The second-order valence-corrected chi connectivity index (χ2v) is 13.8. The Morgan fingerprint density at radius 3 is 2.10 bits per heavy atom. The summed E-state index contributed by atoms with van der Waals surface area (Å²) in [5, 5.41) is 8.23. The average molecular weight is 629 g/mol. The van der Waals surface area contributed by atoms with Gasteiger partial charge < -0.3 is 0 Å². The van der Waals surface area contributed by atoms with E-state index in [4.69, 9.17) is 39.9 Å². The maximum atomic E-state index is 14.3. The van der Waals surface area contributed by atoms with Crippen LogP contribution in [0.2, 0.25) is 15.1 Å². The fourth-order valence-electron chi connectivity index (χ4n) is 6.11. The Kier molecular flexibility index (Phi) is 8.00. The first kappa shape index (κ1) is 28.4. The van der Waals surface area contributed by atoms with Crippen LogP contribution in [0.15, 0.2) is 88.4 Å². The van der Waals surface area contributed by atoms with E-state index >= 15 is 0 Å². The number of benzene rings is 3. The van der Waals surface area contributed by atoms with Gasteiger partial charge in [0.1, 0.15) is 6.04 Å². The van der Waals surface area contributed by atoms with Gasteiger partial charge >= 0.3 is 0 Å². The van der Waals surface area contributed by atoms with Gasteiger partial charge in [-0.3, -0.25) is 4.79 Å². The standard InChI is InChI=1S/C31H28Cl3N3O3S/c32-23-10-6-20(7-11-23)19-22-3-1-4-27-29(22)35-37(30(27)21-8-12-24(33)13-9-21)31(38)28-5-2-18-36(28)41(39,40)26-16-14-25(34)15-17-26/h6-17,19,27-28,30H,1-5,18H2. The highest BCUT2D eigenvalue weighted by Gasteiger charge is 2.48. The highest BCUT2D eigenvalue weighted by Crippen LogP contribution is 2.45. The molecule has 3 aromatic rings. The number of halogens is 3. The summed E-state index contributed by atoms with van der Waals surface area (Å²) in [5.74, 6) is -0.331. The van der Waals surface area contributed by atoms with Gasteiger partial charge in [0.05, 0.1) is 16.6 Å². The Morgan fingerprint density at radius 2 is 1.44 bits per heavy atom. The van der Waals surface area contributed by atoms with Crippen molar-refractivity contribution in [2.45, 2.75) is 49.1 Å². The van der Waals surface area contributed by atoms with Crippen molar-refractivity contribution in [1.82, 2.24) is 9.31 Å². The quantitative estimate of drug-likeness (QED) is 0.292. The second kappa shape index (κ2) is 11.5. The molecule has 6 nitrogen and oxygen atoms in total. The number of carbonyl (C=O) groups is 1. The summed E-state index contributed by atoms with van der Waals surface area (Å²) in [5.41, 5.74) is 3.89. The minimum atomic E-state index is -3.91. The van der Waals surface area contributed by atoms with E-state index in [-0.39, 0.29) is 29.3 Å². The van der Waals surface area contributed by atoms with Crippen molar-refractivity contribution >= 4 is 62.5 Å². The number of carbonyl (C=O) groups excluding carboxylic acids is 1. The molecular weight excluding hydrogens is 601 g/mol. The molecule has 2 heterocycles. The first-order chi connectivity index (χ1) is 19.7. The largest absolute Gasteiger partial charge is 0.271 e. The molecule has 1 saturated carbocycles. The first-order valence-electron chi connectivity index (χ1n) is 13.6. The van der Waals surface area contributed by atoms with Crippen LogP contribution in [0, 0.1) is 5.92 Å². The molecule has 0 radical (unpaired) electrons. The zero-order valence-electron chi connectivity index (χ0n) is 22.1. The number of amides is 1. The van der Waals surface area contributed by atoms with Crippen molar-refractivity contribution in [3.05, 3.63) is 105 Å². The summed E-state index contributed by atoms with van der Waals surface area (Å²) in [6.45, 7) is 0.266. The fourth-order valence-corrected chi connectivity index (χ4v) is 8.13. The second-order valence-electron chi connectivity index (χ2n) is 10.6. The van der Waals surface area contributed by atoms with Crippen molar-refractivity contribution in [1.29, 1.82) is 0 Å². The van der Waals surface area contributed by atoms with E-state index in [1.54, 1.807) is 17.1 Å². The van der Waals surface area contributed by atoms with Gasteiger partial charge in [0.15, 0.2) is 0 Å². The van der Waals surface area contributed by atoms with E-state index < -0.39 is 16.1 Å². The number of allylic oxidation sites excluding steroid dienone is 1. The summed E-state index contributed by atoms with van der Waals surface area (Å²) in [7, 11) is -3.91. The minimum absolute atomic E-state index is 0.0184. The summed E-state index contributed by atoms with van der Waals surface area (Å²) in [6.07, 6.45) is 5.79. The van der Waals surface area contributed by atoms with Crippen LogP contribution in [0.3, 0.4) is 0 Å². The molecule has 1 aliphatic carbocycles. The van der Waals surface area contributed by atoms with E-state index in [2.05, 4.69) is 6.08 Å². The van der Waals surface area contributed by atoms with Crippen LogP contribution in [0.25, 0.3) is 6.08 Å². The van der Waals surface area contributed by atoms with Gasteiger partial charge in [-0.05, 0) is 103 Å². The lowest BCUT2D eigenvalue weighted by molar-refractivity contribution is -0.137. The Labute approximate surface area is 255 Å². The van der Waals surface area contributed by atoms with Gasteiger partial charge in [-0.2, -0.15) is 9.41 Å². The predicted molar refractivity (Wildman–Crippen MR) is 164 cm³/mol.